The number of rotatable bonds is 2. The minimum absolute atomic E-state index is 0.236. The van der Waals surface area contributed by atoms with Gasteiger partial charge in [0.05, 0.1) is 5.56 Å². The largest absolute Gasteiger partial charge is 0.478 e. The molecule has 1 amide bonds. The van der Waals surface area contributed by atoms with Gasteiger partial charge in [0.15, 0.2) is 0 Å². The third-order valence-corrected chi connectivity index (χ3v) is 1.52. The Balaban J connectivity index is 3.00. The standard InChI is InChI=1S/C9H8FNO3/c1-5(12)11-6-2-3-7(9(13)14)8(10)4-6/h2-4H,1H3,(H,11,12)(H,13,14). The van der Waals surface area contributed by atoms with Crippen molar-refractivity contribution in [1.29, 1.82) is 0 Å². The van der Waals surface area contributed by atoms with Crippen molar-refractivity contribution in [2.45, 2.75) is 6.92 Å². The van der Waals surface area contributed by atoms with Gasteiger partial charge in [0.25, 0.3) is 0 Å². The molecule has 0 radical (unpaired) electrons. The number of carbonyl (C=O) groups excluding carboxylic acids is 1. The average molecular weight is 197 g/mol. The number of nitrogens with one attached hydrogen (secondary N) is 1. The molecule has 0 unspecified atom stereocenters. The van der Waals surface area contributed by atoms with Crippen molar-refractivity contribution < 1.29 is 19.1 Å². The smallest absolute Gasteiger partial charge is 0.338 e. The fraction of sp³-hybridized carbons (Fsp3) is 0.111. The summed E-state index contributed by atoms with van der Waals surface area (Å²) in [6, 6.07) is 3.39. The van der Waals surface area contributed by atoms with E-state index in [1.54, 1.807) is 0 Å². The Morgan fingerprint density at radius 3 is 2.50 bits per heavy atom. The number of hydrogen-bond donors (Lipinski definition) is 2. The van der Waals surface area contributed by atoms with Gasteiger partial charge in [-0.1, -0.05) is 0 Å². The van der Waals surface area contributed by atoms with Crippen molar-refractivity contribution >= 4 is 17.6 Å². The highest BCUT2D eigenvalue weighted by molar-refractivity contribution is 5.91. The van der Waals surface area contributed by atoms with Crippen LogP contribution in [0.15, 0.2) is 18.2 Å². The van der Waals surface area contributed by atoms with E-state index in [9.17, 15) is 14.0 Å². The van der Waals surface area contributed by atoms with Crippen LogP contribution in [-0.2, 0) is 4.79 Å². The number of anilines is 1. The molecule has 0 aromatic heterocycles. The lowest BCUT2D eigenvalue weighted by molar-refractivity contribution is -0.114. The summed E-state index contributed by atoms with van der Waals surface area (Å²) in [5.41, 5.74) is -0.181. The third kappa shape index (κ3) is 2.29. The summed E-state index contributed by atoms with van der Waals surface area (Å²) < 4.78 is 13.0. The predicted molar refractivity (Wildman–Crippen MR) is 47.7 cm³/mol. The minimum Gasteiger partial charge on any atom is -0.478 e. The van der Waals surface area contributed by atoms with Gasteiger partial charge in [0, 0.05) is 12.6 Å². The molecule has 0 aliphatic heterocycles. The van der Waals surface area contributed by atoms with Crippen LogP contribution >= 0.6 is 0 Å². The summed E-state index contributed by atoms with van der Waals surface area (Å²) in [4.78, 5) is 21.0. The second-order valence-corrected chi connectivity index (χ2v) is 2.68. The van der Waals surface area contributed by atoms with Crippen molar-refractivity contribution in [3.63, 3.8) is 0 Å². The molecule has 4 nitrogen and oxygen atoms in total. The molecule has 0 bridgehead atoms. The number of carboxylic acids is 1. The number of aromatic carboxylic acids is 1. The van der Waals surface area contributed by atoms with Crippen LogP contribution in [0, 0.1) is 5.82 Å². The molecule has 1 rings (SSSR count). The van der Waals surface area contributed by atoms with Gasteiger partial charge in [0.2, 0.25) is 5.91 Å². The lowest BCUT2D eigenvalue weighted by Crippen LogP contribution is -2.07. The first-order valence-electron chi connectivity index (χ1n) is 3.81. The number of halogens is 1. The fourth-order valence-electron chi connectivity index (χ4n) is 0.970. The Morgan fingerprint density at radius 2 is 2.07 bits per heavy atom. The molecule has 74 valence electrons. The summed E-state index contributed by atoms with van der Waals surface area (Å²) in [5.74, 6) is -2.55. The van der Waals surface area contributed by atoms with Gasteiger partial charge < -0.3 is 10.4 Å². The first kappa shape index (κ1) is 10.2. The zero-order valence-electron chi connectivity index (χ0n) is 7.37. The summed E-state index contributed by atoms with van der Waals surface area (Å²) in [6.07, 6.45) is 0. The number of hydrogen-bond acceptors (Lipinski definition) is 2. The number of carbonyl (C=O) groups is 2. The lowest BCUT2D eigenvalue weighted by atomic mass is 10.2. The molecule has 5 heteroatoms. The van der Waals surface area contributed by atoms with Crippen LogP contribution in [0.2, 0.25) is 0 Å². The summed E-state index contributed by atoms with van der Waals surface area (Å²) in [7, 11) is 0. The number of carboxylic acid groups (broad SMARTS) is 1. The predicted octanol–water partition coefficient (Wildman–Crippen LogP) is 1.48. The van der Waals surface area contributed by atoms with E-state index in [0.29, 0.717) is 0 Å². The molecule has 0 saturated carbocycles. The van der Waals surface area contributed by atoms with Crippen molar-refractivity contribution in [2.75, 3.05) is 5.32 Å². The van der Waals surface area contributed by atoms with Crippen LogP contribution in [0.4, 0.5) is 10.1 Å². The summed E-state index contributed by atoms with van der Waals surface area (Å²) in [5, 5.41) is 10.9. The van der Waals surface area contributed by atoms with Gasteiger partial charge in [-0.15, -0.1) is 0 Å². The minimum atomic E-state index is -1.34. The topological polar surface area (TPSA) is 66.4 Å². The van der Waals surface area contributed by atoms with Crippen LogP contribution in [0.25, 0.3) is 0 Å². The normalized spacial score (nSPS) is 9.57. The van der Waals surface area contributed by atoms with E-state index in [1.807, 2.05) is 0 Å². The molecular formula is C9H8FNO3. The van der Waals surface area contributed by atoms with E-state index in [-0.39, 0.29) is 11.6 Å². The first-order chi connectivity index (χ1) is 6.50. The zero-order chi connectivity index (χ0) is 10.7. The van der Waals surface area contributed by atoms with Gasteiger partial charge in [0.1, 0.15) is 5.82 Å². The lowest BCUT2D eigenvalue weighted by Gasteiger charge is -2.03. The molecule has 2 N–H and O–H groups in total. The average Bonchev–Trinajstić information content (AvgIpc) is 2.01. The maximum absolute atomic E-state index is 13.0. The Labute approximate surface area is 79.4 Å². The van der Waals surface area contributed by atoms with E-state index in [1.165, 1.54) is 13.0 Å². The molecule has 0 spiro atoms. The van der Waals surface area contributed by atoms with Gasteiger partial charge in [-0.05, 0) is 18.2 Å². The van der Waals surface area contributed by atoms with E-state index in [2.05, 4.69) is 5.32 Å². The Morgan fingerprint density at radius 1 is 1.43 bits per heavy atom. The van der Waals surface area contributed by atoms with Gasteiger partial charge >= 0.3 is 5.97 Å². The summed E-state index contributed by atoms with van der Waals surface area (Å²) in [6.45, 7) is 1.28. The highest BCUT2D eigenvalue weighted by Gasteiger charge is 2.10. The molecule has 1 aromatic carbocycles. The Kier molecular flexibility index (Phi) is 2.81. The maximum Gasteiger partial charge on any atom is 0.338 e. The van der Waals surface area contributed by atoms with Crippen molar-refractivity contribution in [2.24, 2.45) is 0 Å². The molecule has 0 aliphatic rings. The van der Waals surface area contributed by atoms with Gasteiger partial charge in [-0.3, -0.25) is 4.79 Å². The van der Waals surface area contributed by atoms with Gasteiger partial charge in [-0.25, -0.2) is 9.18 Å². The van der Waals surface area contributed by atoms with E-state index in [0.717, 1.165) is 12.1 Å². The second kappa shape index (κ2) is 3.87. The van der Waals surface area contributed by atoms with Crippen LogP contribution in [0.3, 0.4) is 0 Å². The zero-order valence-corrected chi connectivity index (χ0v) is 7.37. The highest BCUT2D eigenvalue weighted by atomic mass is 19.1. The molecule has 0 heterocycles. The molecule has 0 atom stereocenters. The van der Waals surface area contributed by atoms with Crippen LogP contribution in [-0.4, -0.2) is 17.0 Å². The molecule has 14 heavy (non-hydrogen) atoms. The fourth-order valence-corrected chi connectivity index (χ4v) is 0.970. The maximum atomic E-state index is 13.0. The van der Waals surface area contributed by atoms with E-state index in [4.69, 9.17) is 5.11 Å². The summed E-state index contributed by atoms with van der Waals surface area (Å²) >= 11 is 0. The van der Waals surface area contributed by atoms with Crippen LogP contribution in [0.1, 0.15) is 17.3 Å². The van der Waals surface area contributed by atoms with Crippen molar-refractivity contribution in [3.8, 4) is 0 Å². The monoisotopic (exact) mass is 197 g/mol. The molecule has 0 aliphatic carbocycles. The molecule has 0 saturated heterocycles. The number of amides is 1. The quantitative estimate of drug-likeness (QED) is 0.754. The SMILES string of the molecule is CC(=O)Nc1ccc(C(=O)O)c(F)c1. The Bertz CT molecular complexity index is 390. The van der Waals surface area contributed by atoms with Crippen molar-refractivity contribution in [1.82, 2.24) is 0 Å². The van der Waals surface area contributed by atoms with E-state index >= 15 is 0 Å². The highest BCUT2D eigenvalue weighted by Crippen LogP contribution is 2.14. The second-order valence-electron chi connectivity index (χ2n) is 2.68. The van der Waals surface area contributed by atoms with Crippen molar-refractivity contribution in [3.05, 3.63) is 29.6 Å². The van der Waals surface area contributed by atoms with Crippen LogP contribution in [0.5, 0.6) is 0 Å². The number of benzene rings is 1. The molecule has 1 aromatic rings. The third-order valence-electron chi connectivity index (χ3n) is 1.52. The van der Waals surface area contributed by atoms with E-state index < -0.39 is 17.3 Å². The first-order valence-corrected chi connectivity index (χ1v) is 3.81. The molecular weight excluding hydrogens is 189 g/mol. The van der Waals surface area contributed by atoms with Crippen LogP contribution < -0.4 is 5.32 Å². The molecule has 0 fully saturated rings. The van der Waals surface area contributed by atoms with Gasteiger partial charge in [-0.2, -0.15) is 0 Å². The Hall–Kier alpha value is -1.91.